The van der Waals surface area contributed by atoms with Gasteiger partial charge in [-0.2, -0.15) is 0 Å². The fraction of sp³-hybridized carbons (Fsp3) is 0.632. The average molecular weight is 335 g/mol. The molecule has 0 aromatic carbocycles. The summed E-state index contributed by atoms with van der Waals surface area (Å²) in [6.45, 7) is 4.98. The summed E-state index contributed by atoms with van der Waals surface area (Å²) in [5.74, 6) is -1.01. The van der Waals surface area contributed by atoms with Crippen LogP contribution in [0, 0.1) is 0 Å². The van der Waals surface area contributed by atoms with E-state index in [4.69, 9.17) is 9.47 Å². The van der Waals surface area contributed by atoms with Crippen molar-refractivity contribution in [2.45, 2.75) is 65.2 Å². The normalized spacial score (nSPS) is 10.4. The number of nitrogens with zero attached hydrogens (tertiary/aromatic N) is 1. The van der Waals surface area contributed by atoms with Crippen molar-refractivity contribution < 1.29 is 19.1 Å². The molecule has 0 bridgehead atoms. The fourth-order valence-corrected chi connectivity index (χ4v) is 2.28. The number of ether oxygens (including phenoxy) is 2. The summed E-state index contributed by atoms with van der Waals surface area (Å²) in [5.41, 5.74) is 0.394. The van der Waals surface area contributed by atoms with Crippen LogP contribution < -0.4 is 0 Å². The Hall–Kier alpha value is -1.91. The van der Waals surface area contributed by atoms with Crippen molar-refractivity contribution in [2.75, 3.05) is 13.2 Å². The SMILES string of the molecule is CCCCCCOC(=O)c1ccncc1C(=O)OCCCCCC. The van der Waals surface area contributed by atoms with Crippen LogP contribution in [0.5, 0.6) is 0 Å². The lowest BCUT2D eigenvalue weighted by molar-refractivity contribution is 0.0450. The zero-order valence-electron chi connectivity index (χ0n) is 14.9. The predicted molar refractivity (Wildman–Crippen MR) is 93.1 cm³/mol. The van der Waals surface area contributed by atoms with E-state index in [-0.39, 0.29) is 11.1 Å². The smallest absolute Gasteiger partial charge is 0.340 e. The molecule has 1 rings (SSSR count). The molecular formula is C19H29NO4. The van der Waals surface area contributed by atoms with Crippen LogP contribution in [-0.4, -0.2) is 30.1 Å². The van der Waals surface area contributed by atoms with Gasteiger partial charge in [0.05, 0.1) is 24.3 Å². The van der Waals surface area contributed by atoms with Crippen molar-refractivity contribution in [3.8, 4) is 0 Å². The lowest BCUT2D eigenvalue weighted by atomic mass is 10.1. The minimum Gasteiger partial charge on any atom is -0.462 e. The highest BCUT2D eigenvalue weighted by molar-refractivity contribution is 6.02. The lowest BCUT2D eigenvalue weighted by Gasteiger charge is -2.09. The largest absolute Gasteiger partial charge is 0.462 e. The Balaban J connectivity index is 2.50. The number of rotatable bonds is 12. The van der Waals surface area contributed by atoms with Gasteiger partial charge >= 0.3 is 11.9 Å². The van der Waals surface area contributed by atoms with E-state index in [1.807, 2.05) is 0 Å². The summed E-state index contributed by atoms with van der Waals surface area (Å²) in [6, 6.07) is 1.50. The standard InChI is InChI=1S/C19H29NO4/c1-3-5-7-9-13-23-18(21)16-11-12-20-15-17(16)19(22)24-14-10-8-6-4-2/h11-12,15H,3-10,13-14H2,1-2H3. The lowest BCUT2D eigenvalue weighted by Crippen LogP contribution is -2.15. The molecule has 0 aliphatic carbocycles. The van der Waals surface area contributed by atoms with Crippen LogP contribution in [-0.2, 0) is 9.47 Å². The van der Waals surface area contributed by atoms with Gasteiger partial charge in [0.2, 0.25) is 0 Å². The van der Waals surface area contributed by atoms with Gasteiger partial charge in [-0.3, -0.25) is 4.98 Å². The Kier molecular flexibility index (Phi) is 10.5. The van der Waals surface area contributed by atoms with Crippen molar-refractivity contribution >= 4 is 11.9 Å². The highest BCUT2D eigenvalue weighted by Crippen LogP contribution is 2.12. The maximum Gasteiger partial charge on any atom is 0.340 e. The van der Waals surface area contributed by atoms with E-state index < -0.39 is 11.9 Å². The van der Waals surface area contributed by atoms with Crippen molar-refractivity contribution in [1.29, 1.82) is 0 Å². The van der Waals surface area contributed by atoms with Gasteiger partial charge in [-0.1, -0.05) is 52.4 Å². The minimum atomic E-state index is -0.516. The first kappa shape index (κ1) is 20.1. The van der Waals surface area contributed by atoms with Gasteiger partial charge in [-0.05, 0) is 18.9 Å². The van der Waals surface area contributed by atoms with Crippen LogP contribution in [0.3, 0.4) is 0 Å². The Morgan fingerprint density at radius 2 is 1.38 bits per heavy atom. The van der Waals surface area contributed by atoms with Gasteiger partial charge in [0, 0.05) is 12.4 Å². The maximum atomic E-state index is 12.2. The summed E-state index contributed by atoms with van der Waals surface area (Å²) in [5, 5.41) is 0. The van der Waals surface area contributed by atoms with Crippen molar-refractivity contribution in [3.05, 3.63) is 29.6 Å². The number of hydrogen-bond donors (Lipinski definition) is 0. The third-order valence-corrected chi connectivity index (χ3v) is 3.72. The molecule has 0 unspecified atom stereocenters. The van der Waals surface area contributed by atoms with E-state index in [0.29, 0.717) is 13.2 Å². The average Bonchev–Trinajstić information content (AvgIpc) is 2.61. The van der Waals surface area contributed by atoms with Crippen LogP contribution in [0.4, 0.5) is 0 Å². The first-order chi connectivity index (χ1) is 11.7. The third kappa shape index (κ3) is 7.57. The molecular weight excluding hydrogens is 306 g/mol. The molecule has 134 valence electrons. The number of pyridine rings is 1. The molecule has 0 saturated heterocycles. The molecule has 0 radical (unpaired) electrons. The quantitative estimate of drug-likeness (QED) is 0.414. The highest BCUT2D eigenvalue weighted by Gasteiger charge is 2.19. The number of carbonyl (C=O) groups excluding carboxylic acids is 2. The monoisotopic (exact) mass is 335 g/mol. The number of unbranched alkanes of at least 4 members (excludes halogenated alkanes) is 6. The molecule has 0 amide bonds. The highest BCUT2D eigenvalue weighted by atomic mass is 16.5. The minimum absolute atomic E-state index is 0.173. The first-order valence-electron chi connectivity index (χ1n) is 8.99. The van der Waals surface area contributed by atoms with E-state index >= 15 is 0 Å². The third-order valence-electron chi connectivity index (χ3n) is 3.72. The van der Waals surface area contributed by atoms with E-state index in [0.717, 1.165) is 51.4 Å². The molecule has 1 aromatic heterocycles. The van der Waals surface area contributed by atoms with Crippen molar-refractivity contribution in [1.82, 2.24) is 4.98 Å². The Labute approximate surface area is 144 Å². The van der Waals surface area contributed by atoms with Gasteiger partial charge in [0.1, 0.15) is 0 Å². The second-order valence-corrected chi connectivity index (χ2v) is 5.81. The molecule has 1 aromatic rings. The topological polar surface area (TPSA) is 65.5 Å². The molecule has 0 saturated carbocycles. The fourth-order valence-electron chi connectivity index (χ4n) is 2.28. The van der Waals surface area contributed by atoms with Gasteiger partial charge in [0.25, 0.3) is 0 Å². The maximum absolute atomic E-state index is 12.2. The van der Waals surface area contributed by atoms with Crippen LogP contribution in [0.25, 0.3) is 0 Å². The van der Waals surface area contributed by atoms with Gasteiger partial charge in [0.15, 0.2) is 0 Å². The molecule has 24 heavy (non-hydrogen) atoms. The van der Waals surface area contributed by atoms with E-state index in [1.165, 1.54) is 18.5 Å². The van der Waals surface area contributed by atoms with Crippen LogP contribution in [0.15, 0.2) is 18.5 Å². The number of esters is 2. The van der Waals surface area contributed by atoms with Gasteiger partial charge < -0.3 is 9.47 Å². The summed E-state index contributed by atoms with van der Waals surface area (Å²) in [7, 11) is 0. The molecule has 5 heteroatoms. The van der Waals surface area contributed by atoms with Crippen molar-refractivity contribution in [2.24, 2.45) is 0 Å². The molecule has 0 aliphatic rings. The van der Waals surface area contributed by atoms with Crippen molar-refractivity contribution in [3.63, 3.8) is 0 Å². The van der Waals surface area contributed by atoms with Gasteiger partial charge in [-0.25, -0.2) is 9.59 Å². The second-order valence-electron chi connectivity index (χ2n) is 5.81. The summed E-state index contributed by atoms with van der Waals surface area (Å²) in [6.07, 6.45) is 11.1. The molecule has 0 N–H and O–H groups in total. The van der Waals surface area contributed by atoms with Gasteiger partial charge in [-0.15, -0.1) is 0 Å². The number of carbonyl (C=O) groups is 2. The van der Waals surface area contributed by atoms with E-state index in [9.17, 15) is 9.59 Å². The molecule has 5 nitrogen and oxygen atoms in total. The summed E-state index contributed by atoms with van der Waals surface area (Å²) in [4.78, 5) is 28.2. The van der Waals surface area contributed by atoms with Crippen LogP contribution in [0.2, 0.25) is 0 Å². The molecule has 1 heterocycles. The van der Waals surface area contributed by atoms with Crippen LogP contribution in [0.1, 0.15) is 85.9 Å². The molecule has 0 atom stereocenters. The molecule has 0 aliphatic heterocycles. The summed E-state index contributed by atoms with van der Waals surface area (Å²) >= 11 is 0. The first-order valence-corrected chi connectivity index (χ1v) is 8.99. The Morgan fingerprint density at radius 3 is 1.92 bits per heavy atom. The second kappa shape index (κ2) is 12.5. The predicted octanol–water partition coefficient (Wildman–Crippen LogP) is 4.56. The molecule has 0 fully saturated rings. The Morgan fingerprint density at radius 1 is 0.833 bits per heavy atom. The summed E-state index contributed by atoms with van der Waals surface area (Å²) < 4.78 is 10.5. The zero-order valence-corrected chi connectivity index (χ0v) is 14.9. The zero-order chi connectivity index (χ0) is 17.6. The Bertz CT molecular complexity index is 457. The van der Waals surface area contributed by atoms with E-state index in [1.54, 1.807) is 0 Å². The molecule has 0 spiro atoms. The number of aromatic nitrogens is 1. The van der Waals surface area contributed by atoms with Crippen LogP contribution >= 0.6 is 0 Å². The van der Waals surface area contributed by atoms with E-state index in [2.05, 4.69) is 18.8 Å². The number of hydrogen-bond acceptors (Lipinski definition) is 5.